The van der Waals surface area contributed by atoms with Crippen LogP contribution in [0.3, 0.4) is 0 Å². The summed E-state index contributed by atoms with van der Waals surface area (Å²) in [7, 11) is 0. The van der Waals surface area contributed by atoms with Crippen molar-refractivity contribution < 1.29 is 0 Å². The molecule has 0 aliphatic carbocycles. The molecule has 0 atom stereocenters. The molecule has 0 bridgehead atoms. The molecule has 2 aromatic rings. The molecule has 204 valence electrons. The summed E-state index contributed by atoms with van der Waals surface area (Å²) in [5.74, 6) is 0.438. The molecule has 1 nitrogen and oxygen atoms in total. The lowest BCUT2D eigenvalue weighted by Crippen LogP contribution is -2.23. The average molecular weight is 514 g/mol. The Bertz CT molecular complexity index is 647. The van der Waals surface area contributed by atoms with Gasteiger partial charge in [0.05, 0.1) is 0 Å². The Balaban J connectivity index is 0.00000648. The fraction of sp³-hybridized carbons (Fsp3) is 0.647. The van der Waals surface area contributed by atoms with Crippen LogP contribution in [0.5, 0.6) is 0 Å². The highest BCUT2D eigenvalue weighted by Crippen LogP contribution is 2.23. The normalized spacial score (nSPS) is 11.1. The number of nitrogens with one attached hydrogen (secondary N) is 1. The molecule has 0 heterocycles. The van der Waals surface area contributed by atoms with Gasteiger partial charge in [-0.2, -0.15) is 0 Å². The van der Waals surface area contributed by atoms with Crippen molar-refractivity contribution in [3.63, 3.8) is 0 Å². The molecule has 2 aromatic carbocycles. The second-order valence-electron chi connectivity index (χ2n) is 10.6. The minimum absolute atomic E-state index is 0. The van der Waals surface area contributed by atoms with Crippen molar-refractivity contribution in [1.82, 2.24) is 5.32 Å². The number of halogens is 1. The molecule has 36 heavy (non-hydrogen) atoms. The van der Waals surface area contributed by atoms with Crippen LogP contribution in [0.1, 0.15) is 140 Å². The highest BCUT2D eigenvalue weighted by atomic mass is 35.5. The molecule has 0 spiro atoms. The molecule has 0 aliphatic heterocycles. The van der Waals surface area contributed by atoms with Crippen LogP contribution < -0.4 is 5.32 Å². The Kier molecular flexibility index (Phi) is 21.9. The van der Waals surface area contributed by atoms with E-state index in [9.17, 15) is 0 Å². The van der Waals surface area contributed by atoms with Gasteiger partial charge >= 0.3 is 0 Å². The molecule has 0 unspecified atom stereocenters. The standard InChI is InChI=1S/C34H55N.ClH/c1-2-3-4-5-6-7-8-9-10-11-12-13-14-15-16-17-18-25-30-35-31-34(32-26-21-19-22-27-32)33-28-23-20-24-29-33;/h19-24,26-29,34-35H,2-18,25,30-31H2,1H3;1H. The molecule has 0 saturated heterocycles. The van der Waals surface area contributed by atoms with Gasteiger partial charge in [-0.1, -0.05) is 177 Å². The van der Waals surface area contributed by atoms with Crippen molar-refractivity contribution in [3.8, 4) is 0 Å². The van der Waals surface area contributed by atoms with Gasteiger partial charge in [-0.05, 0) is 24.1 Å². The third-order valence-corrected chi connectivity index (χ3v) is 7.46. The van der Waals surface area contributed by atoms with E-state index in [2.05, 4.69) is 72.9 Å². The zero-order valence-electron chi connectivity index (χ0n) is 23.4. The Labute approximate surface area is 230 Å². The maximum atomic E-state index is 3.74. The Morgan fingerprint density at radius 1 is 0.472 bits per heavy atom. The summed E-state index contributed by atoms with van der Waals surface area (Å²) in [6.07, 6.45) is 25.8. The lowest BCUT2D eigenvalue weighted by Gasteiger charge is -2.19. The maximum Gasteiger partial charge on any atom is 0.0214 e. The highest BCUT2D eigenvalue weighted by Gasteiger charge is 2.12. The lowest BCUT2D eigenvalue weighted by atomic mass is 9.91. The van der Waals surface area contributed by atoms with Gasteiger partial charge in [0.2, 0.25) is 0 Å². The van der Waals surface area contributed by atoms with E-state index in [0.717, 1.165) is 13.1 Å². The summed E-state index contributed by atoms with van der Waals surface area (Å²) in [4.78, 5) is 0. The van der Waals surface area contributed by atoms with Gasteiger partial charge < -0.3 is 5.32 Å². The summed E-state index contributed by atoms with van der Waals surface area (Å²) in [5.41, 5.74) is 2.81. The van der Waals surface area contributed by atoms with Gasteiger partial charge in [0.15, 0.2) is 0 Å². The second-order valence-corrected chi connectivity index (χ2v) is 10.6. The van der Waals surface area contributed by atoms with Gasteiger partial charge in [0, 0.05) is 12.5 Å². The smallest absolute Gasteiger partial charge is 0.0214 e. The van der Waals surface area contributed by atoms with E-state index in [1.165, 1.54) is 127 Å². The van der Waals surface area contributed by atoms with E-state index >= 15 is 0 Å². The molecule has 2 rings (SSSR count). The number of rotatable bonds is 23. The van der Waals surface area contributed by atoms with Crippen molar-refractivity contribution in [3.05, 3.63) is 71.8 Å². The first kappa shape index (κ1) is 32.7. The number of unbranched alkanes of at least 4 members (excludes halogenated alkanes) is 17. The van der Waals surface area contributed by atoms with E-state index in [4.69, 9.17) is 0 Å². The maximum absolute atomic E-state index is 3.74. The van der Waals surface area contributed by atoms with Crippen molar-refractivity contribution in [2.45, 2.75) is 128 Å². The molecule has 0 amide bonds. The zero-order valence-corrected chi connectivity index (χ0v) is 24.2. The van der Waals surface area contributed by atoms with Crippen LogP contribution in [0, 0.1) is 0 Å². The first-order valence-corrected chi connectivity index (χ1v) is 15.2. The van der Waals surface area contributed by atoms with Gasteiger partial charge in [-0.15, -0.1) is 12.4 Å². The Morgan fingerprint density at radius 3 is 1.17 bits per heavy atom. The predicted octanol–water partition coefficient (Wildman–Crippen LogP) is 10.9. The van der Waals surface area contributed by atoms with Gasteiger partial charge in [-0.25, -0.2) is 0 Å². The molecule has 0 fully saturated rings. The fourth-order valence-corrected chi connectivity index (χ4v) is 5.20. The topological polar surface area (TPSA) is 12.0 Å². The van der Waals surface area contributed by atoms with Crippen molar-refractivity contribution >= 4 is 12.4 Å². The van der Waals surface area contributed by atoms with Crippen molar-refractivity contribution in [2.75, 3.05) is 13.1 Å². The monoisotopic (exact) mass is 513 g/mol. The summed E-state index contributed by atoms with van der Waals surface area (Å²) < 4.78 is 0. The minimum atomic E-state index is 0. The largest absolute Gasteiger partial charge is 0.316 e. The van der Waals surface area contributed by atoms with Gasteiger partial charge in [0.25, 0.3) is 0 Å². The van der Waals surface area contributed by atoms with E-state index in [0.29, 0.717) is 5.92 Å². The van der Waals surface area contributed by atoms with Crippen LogP contribution in [0.25, 0.3) is 0 Å². The number of hydrogen-bond acceptors (Lipinski definition) is 1. The van der Waals surface area contributed by atoms with Gasteiger partial charge in [0.1, 0.15) is 0 Å². The van der Waals surface area contributed by atoms with E-state index in [1.807, 2.05) is 0 Å². The molecule has 2 heteroatoms. The first-order chi connectivity index (χ1) is 17.4. The highest BCUT2D eigenvalue weighted by molar-refractivity contribution is 5.85. The molecule has 0 aromatic heterocycles. The first-order valence-electron chi connectivity index (χ1n) is 15.2. The predicted molar refractivity (Wildman–Crippen MR) is 164 cm³/mol. The quantitative estimate of drug-likeness (QED) is 0.146. The average Bonchev–Trinajstić information content (AvgIpc) is 2.90. The van der Waals surface area contributed by atoms with Gasteiger partial charge in [-0.3, -0.25) is 0 Å². The molecule has 1 N–H and O–H groups in total. The fourth-order valence-electron chi connectivity index (χ4n) is 5.20. The molecular weight excluding hydrogens is 458 g/mol. The second kappa shape index (κ2) is 24.1. The van der Waals surface area contributed by atoms with Crippen molar-refractivity contribution in [2.24, 2.45) is 0 Å². The summed E-state index contributed by atoms with van der Waals surface area (Å²) in [5, 5.41) is 3.74. The summed E-state index contributed by atoms with van der Waals surface area (Å²) in [6.45, 7) is 4.46. The van der Waals surface area contributed by atoms with Crippen LogP contribution >= 0.6 is 12.4 Å². The third-order valence-electron chi connectivity index (χ3n) is 7.46. The van der Waals surface area contributed by atoms with E-state index in [-0.39, 0.29) is 12.4 Å². The summed E-state index contributed by atoms with van der Waals surface area (Å²) in [6, 6.07) is 21.9. The van der Waals surface area contributed by atoms with Crippen LogP contribution in [0.4, 0.5) is 0 Å². The van der Waals surface area contributed by atoms with Crippen LogP contribution in [-0.4, -0.2) is 13.1 Å². The Morgan fingerprint density at radius 2 is 0.806 bits per heavy atom. The van der Waals surface area contributed by atoms with Crippen LogP contribution in [0.15, 0.2) is 60.7 Å². The van der Waals surface area contributed by atoms with E-state index in [1.54, 1.807) is 0 Å². The van der Waals surface area contributed by atoms with Crippen LogP contribution in [0.2, 0.25) is 0 Å². The molecular formula is C34H56ClN. The minimum Gasteiger partial charge on any atom is -0.316 e. The van der Waals surface area contributed by atoms with E-state index < -0.39 is 0 Å². The van der Waals surface area contributed by atoms with Crippen LogP contribution in [-0.2, 0) is 0 Å². The SMILES string of the molecule is CCCCCCCCCCCCCCCCCCCCNCC(c1ccccc1)c1ccccc1.Cl. The summed E-state index contributed by atoms with van der Waals surface area (Å²) >= 11 is 0. The van der Waals surface area contributed by atoms with Crippen molar-refractivity contribution in [1.29, 1.82) is 0 Å². The molecule has 0 radical (unpaired) electrons. The third kappa shape index (κ3) is 16.4. The Hall–Kier alpha value is -1.31. The zero-order chi connectivity index (χ0) is 24.7. The molecule has 0 aliphatic rings. The molecule has 0 saturated carbocycles. The lowest BCUT2D eigenvalue weighted by molar-refractivity contribution is 0.520. The number of hydrogen-bond donors (Lipinski definition) is 1. The number of benzene rings is 2.